The lowest BCUT2D eigenvalue weighted by Gasteiger charge is -2.30. The molecule has 0 bridgehead atoms. The smallest absolute Gasteiger partial charge is 0.279 e. The van der Waals surface area contributed by atoms with E-state index in [1.165, 1.54) is 29.2 Å². The Labute approximate surface area is 177 Å². The Morgan fingerprint density at radius 1 is 0.933 bits per heavy atom. The van der Waals surface area contributed by atoms with Gasteiger partial charge in [-0.25, -0.2) is 9.97 Å². The Kier molecular flexibility index (Phi) is 5.99. The van der Waals surface area contributed by atoms with E-state index in [-0.39, 0.29) is 12.1 Å². The molecule has 30 heavy (non-hydrogen) atoms. The monoisotopic (exact) mass is 425 g/mol. The predicted molar refractivity (Wildman–Crippen MR) is 120 cm³/mol. The normalized spacial score (nSPS) is 19.8. The number of hydrogen-bond donors (Lipinski definition) is 2. The molecule has 7 nitrogen and oxygen atoms in total. The molecule has 3 aromatic rings. The number of anilines is 1. The van der Waals surface area contributed by atoms with Crippen molar-refractivity contribution in [3.05, 3.63) is 54.7 Å². The summed E-state index contributed by atoms with van der Waals surface area (Å²) in [6.07, 6.45) is 5.08. The molecule has 1 aliphatic carbocycles. The molecule has 1 aromatic heterocycles. The lowest BCUT2D eigenvalue weighted by molar-refractivity contribution is 0.378. The summed E-state index contributed by atoms with van der Waals surface area (Å²) >= 11 is 0. The van der Waals surface area contributed by atoms with Crippen molar-refractivity contribution in [2.75, 3.05) is 19.4 Å². The van der Waals surface area contributed by atoms with Crippen LogP contribution in [0.15, 0.2) is 54.7 Å². The number of hydrogen-bond acceptors (Lipinski definition) is 5. The molecule has 1 saturated carbocycles. The summed E-state index contributed by atoms with van der Waals surface area (Å²) in [6, 6.07) is 16.7. The van der Waals surface area contributed by atoms with Gasteiger partial charge in [0.2, 0.25) is 5.95 Å². The maximum Gasteiger partial charge on any atom is 0.279 e. The highest BCUT2D eigenvalue weighted by molar-refractivity contribution is 7.87. The first-order chi connectivity index (χ1) is 14.4. The molecule has 0 radical (unpaired) electrons. The van der Waals surface area contributed by atoms with Crippen molar-refractivity contribution in [1.82, 2.24) is 19.0 Å². The lowest BCUT2D eigenvalue weighted by atomic mass is 9.92. The minimum Gasteiger partial charge on any atom is -0.351 e. The average Bonchev–Trinajstić information content (AvgIpc) is 2.75. The summed E-state index contributed by atoms with van der Waals surface area (Å²) in [5.74, 6) is 0.609. The van der Waals surface area contributed by atoms with Gasteiger partial charge in [-0.3, -0.25) is 0 Å². The van der Waals surface area contributed by atoms with Crippen LogP contribution in [0.2, 0.25) is 0 Å². The summed E-state index contributed by atoms with van der Waals surface area (Å²) < 4.78 is 28.0. The maximum atomic E-state index is 12.0. The quantitative estimate of drug-likeness (QED) is 0.632. The van der Waals surface area contributed by atoms with Crippen LogP contribution in [0.4, 0.5) is 5.95 Å². The van der Waals surface area contributed by atoms with Gasteiger partial charge in [-0.1, -0.05) is 36.4 Å². The van der Waals surface area contributed by atoms with E-state index in [1.807, 2.05) is 18.2 Å². The second kappa shape index (κ2) is 8.67. The van der Waals surface area contributed by atoms with Crippen LogP contribution in [0.5, 0.6) is 0 Å². The van der Waals surface area contributed by atoms with Crippen molar-refractivity contribution >= 4 is 26.9 Å². The van der Waals surface area contributed by atoms with Gasteiger partial charge in [-0.2, -0.15) is 17.4 Å². The number of fused-ring (bicyclic) bond motifs is 1. The summed E-state index contributed by atoms with van der Waals surface area (Å²) in [5.41, 5.74) is 1.94. The lowest BCUT2D eigenvalue weighted by Crippen LogP contribution is -2.44. The van der Waals surface area contributed by atoms with Crippen molar-refractivity contribution in [2.24, 2.45) is 0 Å². The topological polar surface area (TPSA) is 87.2 Å². The van der Waals surface area contributed by atoms with Gasteiger partial charge in [0, 0.05) is 37.9 Å². The fraction of sp³-hybridized carbons (Fsp3) is 0.364. The largest absolute Gasteiger partial charge is 0.351 e. The van der Waals surface area contributed by atoms with Crippen LogP contribution in [0.25, 0.3) is 22.0 Å². The van der Waals surface area contributed by atoms with E-state index in [9.17, 15) is 8.42 Å². The highest BCUT2D eigenvalue weighted by Crippen LogP contribution is 2.25. The fourth-order valence-corrected chi connectivity index (χ4v) is 4.66. The Hall–Kier alpha value is -2.55. The molecular weight excluding hydrogens is 398 g/mol. The standard InChI is InChI=1S/C22H27N5O2S/c1-27(2)30(28,29)26-20-11-9-19(10-12-20)24-22-23-14-13-21(25-22)18-8-7-16-5-3-4-6-17(16)15-18/h3-8,13-15,19-20,26H,9-12H2,1-2H3,(H,23,24,25). The molecule has 158 valence electrons. The van der Waals surface area contributed by atoms with Crippen LogP contribution in [0.1, 0.15) is 25.7 Å². The van der Waals surface area contributed by atoms with Crippen molar-refractivity contribution < 1.29 is 8.42 Å². The van der Waals surface area contributed by atoms with Crippen molar-refractivity contribution in [3.8, 4) is 11.3 Å². The Bertz CT molecular complexity index is 1130. The Morgan fingerprint density at radius 2 is 1.63 bits per heavy atom. The van der Waals surface area contributed by atoms with Crippen LogP contribution in [0, 0.1) is 0 Å². The molecule has 1 fully saturated rings. The molecular formula is C22H27N5O2S. The third kappa shape index (κ3) is 4.77. The minimum absolute atomic E-state index is 0.0275. The van der Waals surface area contributed by atoms with Gasteiger partial charge in [0.15, 0.2) is 0 Å². The number of benzene rings is 2. The Morgan fingerprint density at radius 3 is 2.37 bits per heavy atom. The van der Waals surface area contributed by atoms with E-state index >= 15 is 0 Å². The molecule has 4 rings (SSSR count). The van der Waals surface area contributed by atoms with Gasteiger partial charge < -0.3 is 5.32 Å². The molecule has 0 atom stereocenters. The van der Waals surface area contributed by atoms with Gasteiger partial charge in [0.05, 0.1) is 5.69 Å². The van der Waals surface area contributed by atoms with E-state index in [4.69, 9.17) is 4.98 Å². The molecule has 1 heterocycles. The summed E-state index contributed by atoms with van der Waals surface area (Å²) in [6.45, 7) is 0. The molecule has 0 spiro atoms. The van der Waals surface area contributed by atoms with E-state index in [1.54, 1.807) is 6.20 Å². The van der Waals surface area contributed by atoms with Crippen LogP contribution >= 0.6 is 0 Å². The molecule has 0 amide bonds. The first kappa shape index (κ1) is 20.7. The van der Waals surface area contributed by atoms with Crippen LogP contribution in [-0.2, 0) is 10.2 Å². The number of rotatable bonds is 6. The van der Waals surface area contributed by atoms with E-state index in [0.29, 0.717) is 5.95 Å². The zero-order valence-corrected chi connectivity index (χ0v) is 18.1. The summed E-state index contributed by atoms with van der Waals surface area (Å²) in [4.78, 5) is 9.09. The minimum atomic E-state index is -3.39. The number of aromatic nitrogens is 2. The average molecular weight is 426 g/mol. The molecule has 1 aliphatic rings. The number of nitrogens with one attached hydrogen (secondary N) is 2. The predicted octanol–water partition coefficient (Wildman–Crippen LogP) is 3.42. The molecule has 0 saturated heterocycles. The first-order valence-electron chi connectivity index (χ1n) is 10.2. The number of nitrogens with zero attached hydrogens (tertiary/aromatic N) is 3. The molecule has 2 N–H and O–H groups in total. The van der Waals surface area contributed by atoms with Gasteiger partial charge in [0.25, 0.3) is 10.2 Å². The zero-order chi connectivity index (χ0) is 21.1. The SMILES string of the molecule is CN(C)S(=O)(=O)NC1CCC(Nc2nccc(-c3ccc4ccccc4c3)n2)CC1. The highest BCUT2D eigenvalue weighted by Gasteiger charge is 2.26. The van der Waals surface area contributed by atoms with E-state index in [0.717, 1.165) is 36.9 Å². The third-order valence-electron chi connectivity index (χ3n) is 5.56. The molecule has 2 aromatic carbocycles. The van der Waals surface area contributed by atoms with E-state index < -0.39 is 10.2 Å². The van der Waals surface area contributed by atoms with Crippen molar-refractivity contribution in [3.63, 3.8) is 0 Å². The van der Waals surface area contributed by atoms with Crippen molar-refractivity contribution in [1.29, 1.82) is 0 Å². The third-order valence-corrected chi connectivity index (χ3v) is 7.15. The van der Waals surface area contributed by atoms with Crippen molar-refractivity contribution in [2.45, 2.75) is 37.8 Å². The first-order valence-corrected chi connectivity index (χ1v) is 11.6. The molecule has 8 heteroatoms. The van der Waals surface area contributed by atoms with Gasteiger partial charge >= 0.3 is 0 Å². The fourth-order valence-electron chi connectivity index (χ4n) is 3.79. The van der Waals surface area contributed by atoms with Crippen LogP contribution < -0.4 is 10.0 Å². The highest BCUT2D eigenvalue weighted by atomic mass is 32.2. The zero-order valence-electron chi connectivity index (χ0n) is 17.2. The van der Waals surface area contributed by atoms with E-state index in [2.05, 4.69) is 45.4 Å². The van der Waals surface area contributed by atoms with Crippen LogP contribution in [-0.4, -0.2) is 48.9 Å². The van der Waals surface area contributed by atoms with Gasteiger partial charge in [-0.05, 0) is 48.6 Å². The Balaban J connectivity index is 1.40. The summed E-state index contributed by atoms with van der Waals surface area (Å²) in [5, 5.41) is 5.81. The second-order valence-electron chi connectivity index (χ2n) is 7.93. The second-order valence-corrected chi connectivity index (χ2v) is 9.84. The summed E-state index contributed by atoms with van der Waals surface area (Å²) in [7, 11) is -0.314. The van der Waals surface area contributed by atoms with Gasteiger partial charge in [-0.15, -0.1) is 0 Å². The maximum absolute atomic E-state index is 12.0. The van der Waals surface area contributed by atoms with Gasteiger partial charge in [0.1, 0.15) is 0 Å². The molecule has 0 unspecified atom stereocenters. The van der Waals surface area contributed by atoms with Crippen LogP contribution in [0.3, 0.4) is 0 Å². The molecule has 0 aliphatic heterocycles.